The Morgan fingerprint density at radius 1 is 1.55 bits per heavy atom. The Bertz CT molecular complexity index is 168. The highest BCUT2D eigenvalue weighted by Gasteiger charge is 2.07. The van der Waals surface area contributed by atoms with Crippen molar-refractivity contribution in [1.82, 2.24) is 0 Å². The van der Waals surface area contributed by atoms with Gasteiger partial charge in [-0.15, -0.1) is 0 Å². The highest BCUT2D eigenvalue weighted by Crippen LogP contribution is 2.19. The molecule has 0 saturated carbocycles. The summed E-state index contributed by atoms with van der Waals surface area (Å²) in [6.45, 7) is 2.14. The average Bonchev–Trinajstić information content (AvgIpc) is 2.07. The van der Waals surface area contributed by atoms with E-state index in [0.29, 0.717) is 0 Å². The van der Waals surface area contributed by atoms with Gasteiger partial charge in [0.2, 0.25) is 0 Å². The average molecular weight is 151 g/mol. The van der Waals surface area contributed by atoms with Crippen molar-refractivity contribution in [2.75, 3.05) is 0 Å². The monoisotopic (exact) mass is 151 g/mol. The molecule has 1 aliphatic rings. The van der Waals surface area contributed by atoms with Crippen molar-refractivity contribution in [3.8, 4) is 0 Å². The van der Waals surface area contributed by atoms with Crippen molar-refractivity contribution in [3.05, 3.63) is 11.6 Å². The maximum Gasteiger partial charge on any atom is 0.0342 e. The third-order valence-corrected chi connectivity index (χ3v) is 2.18. The van der Waals surface area contributed by atoms with Crippen molar-refractivity contribution in [1.29, 1.82) is 5.41 Å². The Morgan fingerprint density at radius 2 is 2.36 bits per heavy atom. The first-order chi connectivity index (χ1) is 5.34. The first-order valence-electron chi connectivity index (χ1n) is 4.61. The molecular formula is C10H17N. The van der Waals surface area contributed by atoms with Gasteiger partial charge in [-0.1, -0.05) is 19.4 Å². The molecule has 0 amide bonds. The van der Waals surface area contributed by atoms with Crippen LogP contribution in [0.15, 0.2) is 11.6 Å². The number of nitrogens with one attached hydrogen (secondary N) is 1. The molecule has 0 aliphatic heterocycles. The van der Waals surface area contributed by atoms with E-state index in [1.54, 1.807) is 0 Å². The van der Waals surface area contributed by atoms with Gasteiger partial charge in [0.1, 0.15) is 0 Å². The van der Waals surface area contributed by atoms with E-state index in [1.165, 1.54) is 24.8 Å². The predicted molar refractivity (Wildman–Crippen MR) is 49.2 cm³/mol. The number of rotatable bonds is 3. The molecule has 1 nitrogen and oxygen atoms in total. The van der Waals surface area contributed by atoms with E-state index < -0.39 is 0 Å². The van der Waals surface area contributed by atoms with E-state index in [9.17, 15) is 0 Å². The molecule has 0 bridgehead atoms. The van der Waals surface area contributed by atoms with Gasteiger partial charge in [-0.2, -0.15) is 0 Å². The molecule has 62 valence electrons. The SMILES string of the molecule is CCCC(=N)C1=CCCCC1. The minimum absolute atomic E-state index is 0.882. The fraction of sp³-hybridized carbons (Fsp3) is 0.700. The summed E-state index contributed by atoms with van der Waals surface area (Å²) in [5.74, 6) is 0. The standard InChI is InChI=1S/C10H17N/c1-2-6-10(11)9-7-4-3-5-8-9/h7,11H,2-6,8H2,1H3. The van der Waals surface area contributed by atoms with E-state index >= 15 is 0 Å². The largest absolute Gasteiger partial charge is 0.305 e. The smallest absolute Gasteiger partial charge is 0.0342 e. The van der Waals surface area contributed by atoms with Crippen LogP contribution in [0.3, 0.4) is 0 Å². The molecule has 0 heterocycles. The van der Waals surface area contributed by atoms with Gasteiger partial charge in [-0.25, -0.2) is 0 Å². The maximum atomic E-state index is 7.71. The van der Waals surface area contributed by atoms with Gasteiger partial charge >= 0.3 is 0 Å². The van der Waals surface area contributed by atoms with Crippen LogP contribution in [0, 0.1) is 5.41 Å². The van der Waals surface area contributed by atoms with Crippen molar-refractivity contribution >= 4 is 5.71 Å². The molecular weight excluding hydrogens is 134 g/mol. The molecule has 0 unspecified atom stereocenters. The van der Waals surface area contributed by atoms with Crippen LogP contribution >= 0.6 is 0 Å². The summed E-state index contributed by atoms with van der Waals surface area (Å²) in [5, 5.41) is 7.71. The highest BCUT2D eigenvalue weighted by atomic mass is 14.4. The van der Waals surface area contributed by atoms with Crippen LogP contribution in [0.1, 0.15) is 45.4 Å². The summed E-state index contributed by atoms with van der Waals surface area (Å²) in [7, 11) is 0. The summed E-state index contributed by atoms with van der Waals surface area (Å²) in [5.41, 5.74) is 2.20. The summed E-state index contributed by atoms with van der Waals surface area (Å²) in [6, 6.07) is 0. The molecule has 0 aromatic rings. The molecule has 1 rings (SSSR count). The van der Waals surface area contributed by atoms with Gasteiger partial charge in [-0.05, 0) is 37.7 Å². The zero-order valence-electron chi connectivity index (χ0n) is 7.32. The second-order valence-electron chi connectivity index (χ2n) is 3.20. The van der Waals surface area contributed by atoms with E-state index in [0.717, 1.165) is 25.0 Å². The Balaban J connectivity index is 2.44. The lowest BCUT2D eigenvalue weighted by Gasteiger charge is -2.12. The molecule has 0 aromatic heterocycles. The van der Waals surface area contributed by atoms with Crippen LogP contribution in [-0.2, 0) is 0 Å². The van der Waals surface area contributed by atoms with E-state index in [2.05, 4.69) is 13.0 Å². The van der Waals surface area contributed by atoms with Gasteiger partial charge in [0.25, 0.3) is 0 Å². The lowest BCUT2D eigenvalue weighted by atomic mass is 9.94. The van der Waals surface area contributed by atoms with Crippen LogP contribution < -0.4 is 0 Å². The van der Waals surface area contributed by atoms with Crippen molar-refractivity contribution in [2.24, 2.45) is 0 Å². The van der Waals surface area contributed by atoms with Gasteiger partial charge < -0.3 is 5.41 Å². The Labute approximate surface area is 69.0 Å². The Kier molecular flexibility index (Phi) is 3.34. The highest BCUT2D eigenvalue weighted by molar-refractivity contribution is 5.97. The lowest BCUT2D eigenvalue weighted by molar-refractivity contribution is 0.713. The zero-order chi connectivity index (χ0) is 8.10. The van der Waals surface area contributed by atoms with Crippen LogP contribution in [0.5, 0.6) is 0 Å². The Hall–Kier alpha value is -0.590. The van der Waals surface area contributed by atoms with Crippen molar-refractivity contribution in [3.63, 3.8) is 0 Å². The minimum Gasteiger partial charge on any atom is -0.305 e. The number of allylic oxidation sites excluding steroid dienone is 2. The molecule has 0 spiro atoms. The molecule has 1 heteroatoms. The van der Waals surface area contributed by atoms with Gasteiger partial charge in [0.15, 0.2) is 0 Å². The summed E-state index contributed by atoms with van der Waals surface area (Å²) in [4.78, 5) is 0. The van der Waals surface area contributed by atoms with Gasteiger partial charge in [0, 0.05) is 5.71 Å². The molecule has 0 radical (unpaired) electrons. The fourth-order valence-corrected chi connectivity index (χ4v) is 1.52. The lowest BCUT2D eigenvalue weighted by Crippen LogP contribution is -2.03. The van der Waals surface area contributed by atoms with Gasteiger partial charge in [-0.3, -0.25) is 0 Å². The van der Waals surface area contributed by atoms with E-state index in [1.807, 2.05) is 0 Å². The molecule has 0 fully saturated rings. The topological polar surface area (TPSA) is 23.9 Å². The minimum atomic E-state index is 0.882. The second kappa shape index (κ2) is 4.32. The molecule has 1 N–H and O–H groups in total. The first-order valence-corrected chi connectivity index (χ1v) is 4.61. The maximum absolute atomic E-state index is 7.71. The number of hydrogen-bond donors (Lipinski definition) is 1. The fourth-order valence-electron chi connectivity index (χ4n) is 1.52. The van der Waals surface area contributed by atoms with Gasteiger partial charge in [0.05, 0.1) is 0 Å². The molecule has 1 aliphatic carbocycles. The zero-order valence-corrected chi connectivity index (χ0v) is 7.32. The van der Waals surface area contributed by atoms with Crippen LogP contribution in [0.2, 0.25) is 0 Å². The molecule has 11 heavy (non-hydrogen) atoms. The van der Waals surface area contributed by atoms with Crippen molar-refractivity contribution in [2.45, 2.75) is 45.4 Å². The molecule has 0 aromatic carbocycles. The first kappa shape index (κ1) is 8.51. The van der Waals surface area contributed by atoms with Crippen LogP contribution in [-0.4, -0.2) is 5.71 Å². The predicted octanol–water partition coefficient (Wildman–Crippen LogP) is 3.31. The van der Waals surface area contributed by atoms with Crippen LogP contribution in [0.25, 0.3) is 0 Å². The van der Waals surface area contributed by atoms with Crippen LogP contribution in [0.4, 0.5) is 0 Å². The normalized spacial score (nSPS) is 17.7. The van der Waals surface area contributed by atoms with Crippen molar-refractivity contribution < 1.29 is 0 Å². The quantitative estimate of drug-likeness (QED) is 0.598. The third-order valence-electron chi connectivity index (χ3n) is 2.18. The second-order valence-corrected chi connectivity index (χ2v) is 3.20. The number of hydrogen-bond acceptors (Lipinski definition) is 1. The third kappa shape index (κ3) is 2.49. The van der Waals surface area contributed by atoms with E-state index in [-0.39, 0.29) is 0 Å². The Morgan fingerprint density at radius 3 is 2.91 bits per heavy atom. The molecule has 0 saturated heterocycles. The summed E-state index contributed by atoms with van der Waals surface area (Å²) >= 11 is 0. The summed E-state index contributed by atoms with van der Waals surface area (Å²) < 4.78 is 0. The molecule has 0 atom stereocenters. The van der Waals surface area contributed by atoms with E-state index in [4.69, 9.17) is 5.41 Å². The summed E-state index contributed by atoms with van der Waals surface area (Å²) in [6.07, 6.45) is 9.28.